The maximum absolute atomic E-state index is 11.9. The van der Waals surface area contributed by atoms with E-state index >= 15 is 0 Å². The monoisotopic (exact) mass is 285 g/mol. The van der Waals surface area contributed by atoms with Crippen molar-refractivity contribution in [3.8, 4) is 6.07 Å². The number of rotatable bonds is 4. The minimum atomic E-state index is -0.114. The van der Waals surface area contributed by atoms with Gasteiger partial charge in [0.1, 0.15) is 0 Å². The summed E-state index contributed by atoms with van der Waals surface area (Å²) in [6.07, 6.45) is 3.94. The largest absolute Gasteiger partial charge is 0.342 e. The van der Waals surface area contributed by atoms with Gasteiger partial charge in [0.15, 0.2) is 0 Å². The average Bonchev–Trinajstić information content (AvgIpc) is 2.70. The molecule has 0 aliphatic carbocycles. The number of carbonyl (C=O) groups is 2. The third kappa shape index (κ3) is 4.60. The molecule has 2 amide bonds. The zero-order valence-corrected chi connectivity index (χ0v) is 12.0. The topological polar surface area (TPSA) is 73.2 Å². The maximum atomic E-state index is 11.9. The van der Waals surface area contributed by atoms with Gasteiger partial charge in [-0.05, 0) is 37.1 Å². The number of carbonyl (C=O) groups excluding carboxylic acids is 2. The Morgan fingerprint density at radius 2 is 2.00 bits per heavy atom. The number of hydrogen-bond acceptors (Lipinski definition) is 3. The van der Waals surface area contributed by atoms with Crippen molar-refractivity contribution in [2.45, 2.75) is 32.1 Å². The molecule has 1 N–H and O–H groups in total. The number of anilines is 1. The van der Waals surface area contributed by atoms with Crippen LogP contribution in [0.15, 0.2) is 24.3 Å². The zero-order valence-electron chi connectivity index (χ0n) is 12.0. The average molecular weight is 285 g/mol. The van der Waals surface area contributed by atoms with Crippen molar-refractivity contribution in [3.63, 3.8) is 0 Å². The van der Waals surface area contributed by atoms with Crippen molar-refractivity contribution >= 4 is 17.5 Å². The highest BCUT2D eigenvalue weighted by Gasteiger charge is 2.17. The fourth-order valence-corrected chi connectivity index (χ4v) is 2.36. The molecule has 110 valence electrons. The summed E-state index contributed by atoms with van der Waals surface area (Å²) in [5.41, 5.74) is 1.23. The van der Waals surface area contributed by atoms with Crippen LogP contribution in [0.3, 0.4) is 0 Å². The third-order valence-corrected chi connectivity index (χ3v) is 3.58. The van der Waals surface area contributed by atoms with Gasteiger partial charge < -0.3 is 10.2 Å². The highest BCUT2D eigenvalue weighted by atomic mass is 16.2. The van der Waals surface area contributed by atoms with Gasteiger partial charge in [0, 0.05) is 31.6 Å². The first-order chi connectivity index (χ1) is 10.2. The van der Waals surface area contributed by atoms with E-state index in [4.69, 9.17) is 5.26 Å². The van der Waals surface area contributed by atoms with Crippen LogP contribution in [0.5, 0.6) is 0 Å². The number of nitrogens with zero attached hydrogens (tertiary/aromatic N) is 2. The summed E-state index contributed by atoms with van der Waals surface area (Å²) in [6.45, 7) is 1.23. The Morgan fingerprint density at radius 3 is 2.71 bits per heavy atom. The van der Waals surface area contributed by atoms with Crippen molar-refractivity contribution in [1.82, 2.24) is 4.90 Å². The van der Waals surface area contributed by atoms with Crippen molar-refractivity contribution in [2.24, 2.45) is 0 Å². The molecule has 2 rings (SSSR count). The first-order valence-electron chi connectivity index (χ1n) is 7.27. The smallest absolute Gasteiger partial charge is 0.226 e. The molecule has 1 aliphatic heterocycles. The highest BCUT2D eigenvalue weighted by molar-refractivity contribution is 5.91. The van der Waals surface area contributed by atoms with Crippen molar-refractivity contribution in [3.05, 3.63) is 29.8 Å². The first kappa shape index (κ1) is 15.0. The van der Waals surface area contributed by atoms with E-state index in [2.05, 4.69) is 5.32 Å². The van der Waals surface area contributed by atoms with Gasteiger partial charge in [-0.1, -0.05) is 6.42 Å². The van der Waals surface area contributed by atoms with Crippen LogP contribution >= 0.6 is 0 Å². The molecule has 0 atom stereocenters. The third-order valence-electron chi connectivity index (χ3n) is 3.58. The highest BCUT2D eigenvalue weighted by Crippen LogP contribution is 2.12. The number of benzene rings is 1. The van der Waals surface area contributed by atoms with Crippen molar-refractivity contribution in [1.29, 1.82) is 5.26 Å². The number of nitrogens with one attached hydrogen (secondary N) is 1. The molecular weight excluding hydrogens is 266 g/mol. The van der Waals surface area contributed by atoms with Gasteiger partial charge in [-0.25, -0.2) is 0 Å². The molecule has 1 fully saturated rings. The number of nitriles is 1. The van der Waals surface area contributed by atoms with Crippen LogP contribution in [0.2, 0.25) is 0 Å². The molecule has 0 aromatic heterocycles. The second-order valence-corrected chi connectivity index (χ2v) is 5.18. The van der Waals surface area contributed by atoms with Gasteiger partial charge in [0.25, 0.3) is 0 Å². The minimum Gasteiger partial charge on any atom is -0.342 e. The second-order valence-electron chi connectivity index (χ2n) is 5.18. The summed E-state index contributed by atoms with van der Waals surface area (Å²) < 4.78 is 0. The molecule has 1 saturated heterocycles. The lowest BCUT2D eigenvalue weighted by molar-refractivity contribution is -0.131. The van der Waals surface area contributed by atoms with Crippen LogP contribution in [-0.2, 0) is 9.59 Å². The van der Waals surface area contributed by atoms with Crippen LogP contribution in [0.4, 0.5) is 5.69 Å². The van der Waals surface area contributed by atoms with E-state index in [-0.39, 0.29) is 11.8 Å². The summed E-state index contributed by atoms with van der Waals surface area (Å²) in [6, 6.07) is 8.75. The van der Waals surface area contributed by atoms with E-state index in [1.165, 1.54) is 0 Å². The van der Waals surface area contributed by atoms with Crippen LogP contribution in [0, 0.1) is 11.3 Å². The second kappa shape index (κ2) is 7.44. The summed E-state index contributed by atoms with van der Waals surface area (Å²) in [7, 11) is 0. The molecule has 21 heavy (non-hydrogen) atoms. The summed E-state index contributed by atoms with van der Waals surface area (Å²) >= 11 is 0. The van der Waals surface area contributed by atoms with Gasteiger partial charge >= 0.3 is 0 Å². The van der Waals surface area contributed by atoms with Gasteiger partial charge in [-0.15, -0.1) is 0 Å². The predicted octanol–water partition coefficient (Wildman–Crippen LogP) is 2.29. The molecule has 5 heteroatoms. The molecule has 1 aromatic carbocycles. The molecule has 0 unspecified atom stereocenters. The van der Waals surface area contributed by atoms with E-state index in [9.17, 15) is 9.59 Å². The van der Waals surface area contributed by atoms with Crippen LogP contribution < -0.4 is 5.32 Å². The van der Waals surface area contributed by atoms with E-state index in [0.717, 1.165) is 25.8 Å². The standard InChI is InChI=1S/C16H19N3O2/c17-12-13-5-7-14(8-6-13)18-15(20)9-11-19-10-3-1-2-4-16(19)21/h5-8H,1-4,9-11H2,(H,18,20). The summed E-state index contributed by atoms with van der Waals surface area (Å²) in [5, 5.41) is 11.5. The van der Waals surface area contributed by atoms with Gasteiger partial charge in [0.2, 0.25) is 11.8 Å². The van der Waals surface area contributed by atoms with Crippen molar-refractivity contribution in [2.75, 3.05) is 18.4 Å². The van der Waals surface area contributed by atoms with E-state index in [1.807, 2.05) is 6.07 Å². The summed E-state index contributed by atoms with van der Waals surface area (Å²) in [4.78, 5) is 25.5. The quantitative estimate of drug-likeness (QED) is 0.922. The number of hydrogen-bond donors (Lipinski definition) is 1. The van der Waals surface area contributed by atoms with Crippen molar-refractivity contribution < 1.29 is 9.59 Å². The normalized spacial score (nSPS) is 15.2. The Labute approximate surface area is 124 Å². The molecular formula is C16H19N3O2. The molecule has 1 heterocycles. The Bertz CT molecular complexity index is 546. The Morgan fingerprint density at radius 1 is 1.24 bits per heavy atom. The van der Waals surface area contributed by atoms with E-state index < -0.39 is 0 Å². The number of likely N-dealkylation sites (tertiary alicyclic amines) is 1. The zero-order chi connectivity index (χ0) is 15.1. The molecule has 0 spiro atoms. The Hall–Kier alpha value is -2.35. The fourth-order valence-electron chi connectivity index (χ4n) is 2.36. The van der Waals surface area contributed by atoms with Gasteiger partial charge in [-0.2, -0.15) is 5.26 Å². The molecule has 5 nitrogen and oxygen atoms in total. The lowest BCUT2D eigenvalue weighted by Gasteiger charge is -2.20. The van der Waals surface area contributed by atoms with Gasteiger partial charge in [0.05, 0.1) is 11.6 Å². The van der Waals surface area contributed by atoms with E-state index in [0.29, 0.717) is 30.6 Å². The minimum absolute atomic E-state index is 0.114. The predicted molar refractivity (Wildman–Crippen MR) is 79.5 cm³/mol. The molecule has 0 saturated carbocycles. The van der Waals surface area contributed by atoms with Crippen LogP contribution in [0.1, 0.15) is 37.7 Å². The lowest BCUT2D eigenvalue weighted by Crippen LogP contribution is -2.33. The van der Waals surface area contributed by atoms with Gasteiger partial charge in [-0.3, -0.25) is 9.59 Å². The Balaban J connectivity index is 1.81. The fraction of sp³-hybridized carbons (Fsp3) is 0.438. The lowest BCUT2D eigenvalue weighted by atomic mass is 10.2. The SMILES string of the molecule is N#Cc1ccc(NC(=O)CCN2CCCCCC2=O)cc1. The molecule has 1 aromatic rings. The molecule has 0 bridgehead atoms. The van der Waals surface area contributed by atoms with Crippen LogP contribution in [-0.4, -0.2) is 29.8 Å². The number of amides is 2. The Kier molecular flexibility index (Phi) is 5.33. The van der Waals surface area contributed by atoms with Crippen LogP contribution in [0.25, 0.3) is 0 Å². The first-order valence-corrected chi connectivity index (χ1v) is 7.27. The van der Waals surface area contributed by atoms with E-state index in [1.54, 1.807) is 29.2 Å². The maximum Gasteiger partial charge on any atom is 0.226 e. The molecule has 1 aliphatic rings. The summed E-state index contributed by atoms with van der Waals surface area (Å²) in [5.74, 6) is 0.0374. The molecule has 0 radical (unpaired) electrons.